The van der Waals surface area contributed by atoms with Gasteiger partial charge in [-0.3, -0.25) is 4.79 Å². The number of rotatable bonds is 6. The van der Waals surface area contributed by atoms with Crippen molar-refractivity contribution in [2.24, 2.45) is 0 Å². The van der Waals surface area contributed by atoms with Crippen LogP contribution in [0.25, 0.3) is 0 Å². The van der Waals surface area contributed by atoms with Gasteiger partial charge < -0.3 is 20.3 Å². The predicted octanol–water partition coefficient (Wildman–Crippen LogP) is -0.339. The van der Waals surface area contributed by atoms with E-state index in [4.69, 9.17) is 14.9 Å². The van der Waals surface area contributed by atoms with Gasteiger partial charge in [-0.15, -0.1) is 0 Å². The van der Waals surface area contributed by atoms with E-state index in [-0.39, 0.29) is 31.6 Å². The lowest BCUT2D eigenvalue weighted by Gasteiger charge is -2.20. The third kappa shape index (κ3) is 8.35. The molecule has 0 aliphatic heterocycles. The zero-order valence-corrected chi connectivity index (χ0v) is 9.62. The smallest absolute Gasteiger partial charge is 0.307 e. The van der Waals surface area contributed by atoms with Crippen LogP contribution in [0.2, 0.25) is 0 Å². The number of aliphatic hydroxyl groups excluding tert-OH is 2. The lowest BCUT2D eigenvalue weighted by molar-refractivity contribution is -0.154. The van der Waals surface area contributed by atoms with Gasteiger partial charge in [-0.05, 0) is 20.8 Å². The van der Waals surface area contributed by atoms with Gasteiger partial charge in [0, 0.05) is 6.54 Å². The van der Waals surface area contributed by atoms with E-state index >= 15 is 0 Å². The van der Waals surface area contributed by atoms with Gasteiger partial charge in [0.2, 0.25) is 0 Å². The van der Waals surface area contributed by atoms with Crippen molar-refractivity contribution in [3.8, 4) is 0 Å². The first-order valence-electron chi connectivity index (χ1n) is 5.06. The molecule has 90 valence electrons. The number of ether oxygens (including phenoxy) is 1. The molecule has 0 atom stereocenters. The molecule has 0 aromatic rings. The van der Waals surface area contributed by atoms with Crippen LogP contribution in [0.1, 0.15) is 27.2 Å². The van der Waals surface area contributed by atoms with Crippen LogP contribution in [0.5, 0.6) is 0 Å². The Morgan fingerprint density at radius 3 is 2.27 bits per heavy atom. The Bertz CT molecular complexity index is 184. The number of nitrogens with one attached hydrogen (secondary N) is 1. The summed E-state index contributed by atoms with van der Waals surface area (Å²) in [7, 11) is 0. The molecule has 0 saturated carbocycles. The second kappa shape index (κ2) is 6.76. The highest BCUT2D eigenvalue weighted by Crippen LogP contribution is 2.07. The normalized spacial score (nSPS) is 11.9. The molecular weight excluding hydrogens is 198 g/mol. The van der Waals surface area contributed by atoms with Crippen molar-refractivity contribution < 1.29 is 19.7 Å². The fraction of sp³-hybridized carbons (Fsp3) is 0.900. The van der Waals surface area contributed by atoms with Crippen LogP contribution in [0.15, 0.2) is 0 Å². The minimum absolute atomic E-state index is 0.148. The van der Waals surface area contributed by atoms with Gasteiger partial charge >= 0.3 is 5.97 Å². The summed E-state index contributed by atoms with van der Waals surface area (Å²) in [5.41, 5.74) is -0.468. The molecule has 15 heavy (non-hydrogen) atoms. The third-order valence-corrected chi connectivity index (χ3v) is 1.62. The molecule has 0 unspecified atom stereocenters. The number of carbonyl (C=O) groups is 1. The quantitative estimate of drug-likeness (QED) is 0.533. The highest BCUT2D eigenvalue weighted by atomic mass is 16.6. The van der Waals surface area contributed by atoms with Crippen molar-refractivity contribution >= 4 is 5.97 Å². The maximum Gasteiger partial charge on any atom is 0.307 e. The highest BCUT2D eigenvalue weighted by molar-refractivity contribution is 5.70. The minimum atomic E-state index is -0.468. The molecule has 0 aromatic heterocycles. The number of aliphatic hydroxyl groups is 2. The highest BCUT2D eigenvalue weighted by Gasteiger charge is 2.16. The molecule has 0 radical (unpaired) electrons. The summed E-state index contributed by atoms with van der Waals surface area (Å²) in [6, 6.07) is -0.368. The molecule has 0 fully saturated rings. The summed E-state index contributed by atoms with van der Waals surface area (Å²) in [5, 5.41) is 20.3. The van der Waals surface area contributed by atoms with Gasteiger partial charge in [0.1, 0.15) is 5.60 Å². The number of hydrogen-bond acceptors (Lipinski definition) is 5. The summed E-state index contributed by atoms with van der Waals surface area (Å²) in [6.07, 6.45) is 0.230. The number of esters is 1. The van der Waals surface area contributed by atoms with Crippen LogP contribution in [0, 0.1) is 0 Å². The van der Waals surface area contributed by atoms with Crippen molar-refractivity contribution in [2.45, 2.75) is 38.8 Å². The first-order chi connectivity index (χ1) is 6.89. The monoisotopic (exact) mass is 219 g/mol. The lowest BCUT2D eigenvalue weighted by atomic mass is 10.2. The van der Waals surface area contributed by atoms with E-state index in [1.54, 1.807) is 0 Å². The third-order valence-electron chi connectivity index (χ3n) is 1.62. The second-order valence-corrected chi connectivity index (χ2v) is 4.35. The summed E-state index contributed by atoms with van der Waals surface area (Å²) in [5.74, 6) is -0.287. The van der Waals surface area contributed by atoms with Crippen LogP contribution >= 0.6 is 0 Å². The fourth-order valence-corrected chi connectivity index (χ4v) is 0.958. The van der Waals surface area contributed by atoms with Crippen LogP contribution < -0.4 is 5.32 Å². The zero-order chi connectivity index (χ0) is 11.9. The van der Waals surface area contributed by atoms with Crippen LogP contribution in [0.3, 0.4) is 0 Å². The van der Waals surface area contributed by atoms with Crippen LogP contribution in [0.4, 0.5) is 0 Å². The molecule has 0 saturated heterocycles. The van der Waals surface area contributed by atoms with E-state index in [1.807, 2.05) is 20.8 Å². The Labute approximate surface area is 90.4 Å². The summed E-state index contributed by atoms with van der Waals surface area (Å²) < 4.78 is 5.08. The van der Waals surface area contributed by atoms with Crippen LogP contribution in [-0.2, 0) is 9.53 Å². The van der Waals surface area contributed by atoms with Gasteiger partial charge in [0.15, 0.2) is 0 Å². The molecule has 0 amide bonds. The van der Waals surface area contributed by atoms with Gasteiger partial charge in [-0.25, -0.2) is 0 Å². The fourth-order valence-electron chi connectivity index (χ4n) is 0.958. The maximum absolute atomic E-state index is 11.2. The maximum atomic E-state index is 11.2. The van der Waals surface area contributed by atoms with E-state index in [0.717, 1.165) is 0 Å². The van der Waals surface area contributed by atoms with E-state index in [0.29, 0.717) is 6.54 Å². The van der Waals surface area contributed by atoms with E-state index < -0.39 is 5.60 Å². The summed E-state index contributed by atoms with van der Waals surface area (Å²) in [6.45, 7) is 5.52. The number of hydrogen-bond donors (Lipinski definition) is 3. The largest absolute Gasteiger partial charge is 0.460 e. The van der Waals surface area contributed by atoms with E-state index in [9.17, 15) is 4.79 Å². The predicted molar refractivity (Wildman–Crippen MR) is 56.4 cm³/mol. The summed E-state index contributed by atoms with van der Waals surface area (Å²) >= 11 is 0. The standard InChI is InChI=1S/C10H21NO4/c1-10(2,3)15-9(14)4-5-11-8(6-12)7-13/h8,11-13H,4-7H2,1-3H3. The summed E-state index contributed by atoms with van der Waals surface area (Å²) in [4.78, 5) is 11.2. The number of carbonyl (C=O) groups excluding carboxylic acids is 1. The molecule has 0 aliphatic rings. The molecular formula is C10H21NO4. The molecule has 0 bridgehead atoms. The van der Waals surface area contributed by atoms with Crippen molar-refractivity contribution in [3.05, 3.63) is 0 Å². The molecule has 0 aromatic carbocycles. The van der Waals surface area contributed by atoms with E-state index in [2.05, 4.69) is 5.32 Å². The Morgan fingerprint density at radius 2 is 1.87 bits per heavy atom. The average molecular weight is 219 g/mol. The van der Waals surface area contributed by atoms with Gasteiger partial charge in [-0.1, -0.05) is 0 Å². The van der Waals surface area contributed by atoms with Crippen molar-refractivity contribution in [1.29, 1.82) is 0 Å². The Morgan fingerprint density at radius 1 is 1.33 bits per heavy atom. The molecule has 0 spiro atoms. The van der Waals surface area contributed by atoms with E-state index in [1.165, 1.54) is 0 Å². The SMILES string of the molecule is CC(C)(C)OC(=O)CCNC(CO)CO. The van der Waals surface area contributed by atoms with Gasteiger partial charge in [0.25, 0.3) is 0 Å². The first kappa shape index (κ1) is 14.3. The first-order valence-corrected chi connectivity index (χ1v) is 5.06. The van der Waals surface area contributed by atoms with Crippen molar-refractivity contribution in [3.63, 3.8) is 0 Å². The minimum Gasteiger partial charge on any atom is -0.460 e. The molecule has 0 aliphatic carbocycles. The van der Waals surface area contributed by atoms with Gasteiger partial charge in [-0.2, -0.15) is 0 Å². The molecule has 5 nitrogen and oxygen atoms in total. The van der Waals surface area contributed by atoms with Crippen molar-refractivity contribution in [2.75, 3.05) is 19.8 Å². The average Bonchev–Trinajstić information content (AvgIpc) is 2.09. The molecule has 5 heteroatoms. The Hall–Kier alpha value is -0.650. The topological polar surface area (TPSA) is 78.8 Å². The molecule has 3 N–H and O–H groups in total. The Kier molecular flexibility index (Phi) is 6.47. The molecule has 0 rings (SSSR count). The van der Waals surface area contributed by atoms with Crippen LogP contribution in [-0.4, -0.2) is 47.6 Å². The van der Waals surface area contributed by atoms with Crippen molar-refractivity contribution in [1.82, 2.24) is 5.32 Å². The lowest BCUT2D eigenvalue weighted by Crippen LogP contribution is -2.37. The molecule has 0 heterocycles. The Balaban J connectivity index is 3.64. The van der Waals surface area contributed by atoms with Gasteiger partial charge in [0.05, 0.1) is 25.7 Å². The zero-order valence-electron chi connectivity index (χ0n) is 9.62. The second-order valence-electron chi connectivity index (χ2n) is 4.35.